The molecule has 0 bridgehead atoms. The number of nitrogens with zero attached hydrogens (tertiary/aromatic N) is 1. The summed E-state index contributed by atoms with van der Waals surface area (Å²) in [4.78, 5) is 12.7. The lowest BCUT2D eigenvalue weighted by Crippen LogP contribution is -2.27. The average molecular weight is 290 g/mol. The summed E-state index contributed by atoms with van der Waals surface area (Å²) in [7, 11) is 0. The van der Waals surface area contributed by atoms with Crippen molar-refractivity contribution in [2.24, 2.45) is 0 Å². The Bertz CT molecular complexity index is 410. The van der Waals surface area contributed by atoms with E-state index in [0.29, 0.717) is 16.6 Å². The zero-order valence-electron chi connectivity index (χ0n) is 10.3. The first-order chi connectivity index (χ1) is 8.54. The average Bonchev–Trinajstić information content (AvgIpc) is 2.33. The molecule has 0 saturated heterocycles. The summed E-state index contributed by atoms with van der Waals surface area (Å²) in [6.45, 7) is 3.40. The highest BCUT2D eigenvalue weighted by atomic mass is 35.5. The van der Waals surface area contributed by atoms with Gasteiger partial charge in [0.2, 0.25) is 0 Å². The molecule has 0 saturated carbocycles. The fourth-order valence-corrected chi connectivity index (χ4v) is 1.92. The van der Waals surface area contributed by atoms with Crippen LogP contribution in [0.1, 0.15) is 26.2 Å². The van der Waals surface area contributed by atoms with Gasteiger partial charge in [-0.3, -0.25) is 4.79 Å². The third-order valence-corrected chi connectivity index (χ3v) is 3.38. The summed E-state index contributed by atoms with van der Waals surface area (Å²) in [5.41, 5.74) is 0.916. The smallest absolute Gasteiger partial charge is 0.305 e. The standard InChI is InChI=1S/C13H17Cl2NO2/c1-2-3-7-16(8-6-13(17)18)10-4-5-11(14)12(15)9-10/h4-5,9H,2-3,6-8H2,1H3,(H,17,18). The van der Waals surface area contributed by atoms with Crippen LogP contribution in [0.5, 0.6) is 0 Å². The van der Waals surface area contributed by atoms with Crippen LogP contribution in [0.3, 0.4) is 0 Å². The molecule has 0 atom stereocenters. The van der Waals surface area contributed by atoms with E-state index in [2.05, 4.69) is 6.92 Å². The first-order valence-corrected chi connectivity index (χ1v) is 6.72. The Hall–Kier alpha value is -0.930. The number of halogens is 2. The molecule has 3 nitrogen and oxygen atoms in total. The van der Waals surface area contributed by atoms with Gasteiger partial charge in [-0.1, -0.05) is 36.5 Å². The Kier molecular flexibility index (Phi) is 6.30. The summed E-state index contributed by atoms with van der Waals surface area (Å²) in [6.07, 6.45) is 2.19. The van der Waals surface area contributed by atoms with Crippen LogP contribution < -0.4 is 4.90 Å². The van der Waals surface area contributed by atoms with Crippen molar-refractivity contribution in [1.29, 1.82) is 0 Å². The molecule has 0 aliphatic rings. The molecule has 5 heteroatoms. The summed E-state index contributed by atoms with van der Waals surface area (Å²) in [5.74, 6) is -0.795. The maximum Gasteiger partial charge on any atom is 0.305 e. The van der Waals surface area contributed by atoms with Crippen LogP contribution in [0.4, 0.5) is 5.69 Å². The summed E-state index contributed by atoms with van der Waals surface area (Å²) >= 11 is 11.9. The van der Waals surface area contributed by atoms with Crippen LogP contribution in [0.25, 0.3) is 0 Å². The number of benzene rings is 1. The molecule has 0 unspecified atom stereocenters. The highest BCUT2D eigenvalue weighted by molar-refractivity contribution is 6.42. The van der Waals surface area contributed by atoms with Gasteiger partial charge in [0, 0.05) is 18.8 Å². The Morgan fingerprint density at radius 2 is 2.00 bits per heavy atom. The second-order valence-corrected chi connectivity index (χ2v) is 4.90. The van der Waals surface area contributed by atoms with Gasteiger partial charge in [0.15, 0.2) is 0 Å². The van der Waals surface area contributed by atoms with Gasteiger partial charge >= 0.3 is 5.97 Å². The molecule has 1 aromatic carbocycles. The van der Waals surface area contributed by atoms with E-state index in [1.807, 2.05) is 11.0 Å². The molecule has 0 aliphatic carbocycles. The molecule has 0 heterocycles. The van der Waals surface area contributed by atoms with Gasteiger partial charge in [-0.05, 0) is 24.6 Å². The quantitative estimate of drug-likeness (QED) is 0.822. The molecule has 0 fully saturated rings. The summed E-state index contributed by atoms with van der Waals surface area (Å²) in [6, 6.07) is 5.38. The van der Waals surface area contributed by atoms with Gasteiger partial charge < -0.3 is 10.0 Å². The molecule has 0 radical (unpaired) electrons. The first kappa shape index (κ1) is 15.1. The lowest BCUT2D eigenvalue weighted by molar-refractivity contribution is -0.136. The van der Waals surface area contributed by atoms with Crippen LogP contribution >= 0.6 is 23.2 Å². The minimum Gasteiger partial charge on any atom is -0.481 e. The SMILES string of the molecule is CCCCN(CCC(=O)O)c1ccc(Cl)c(Cl)c1. The minimum absolute atomic E-state index is 0.115. The van der Waals surface area contributed by atoms with Crippen LogP contribution in [-0.2, 0) is 4.79 Å². The van der Waals surface area contributed by atoms with Gasteiger partial charge in [0.05, 0.1) is 16.5 Å². The number of aliphatic carboxylic acids is 1. The normalized spacial score (nSPS) is 10.4. The number of carboxylic acids is 1. The molecule has 1 rings (SSSR count). The van der Waals surface area contributed by atoms with E-state index in [1.54, 1.807) is 12.1 Å². The maximum absolute atomic E-state index is 10.7. The fraction of sp³-hybridized carbons (Fsp3) is 0.462. The van der Waals surface area contributed by atoms with Crippen LogP contribution in [0.15, 0.2) is 18.2 Å². The monoisotopic (exact) mass is 289 g/mol. The van der Waals surface area contributed by atoms with Crippen LogP contribution in [0.2, 0.25) is 10.0 Å². The number of hydrogen-bond donors (Lipinski definition) is 1. The molecule has 0 aromatic heterocycles. The van der Waals surface area contributed by atoms with Gasteiger partial charge in [-0.25, -0.2) is 0 Å². The van der Waals surface area contributed by atoms with Crippen molar-refractivity contribution in [2.75, 3.05) is 18.0 Å². The minimum atomic E-state index is -0.795. The topological polar surface area (TPSA) is 40.5 Å². The second-order valence-electron chi connectivity index (χ2n) is 4.08. The Morgan fingerprint density at radius 3 is 2.56 bits per heavy atom. The number of carbonyl (C=O) groups is 1. The summed E-state index contributed by atoms with van der Waals surface area (Å²) < 4.78 is 0. The molecule has 18 heavy (non-hydrogen) atoms. The zero-order chi connectivity index (χ0) is 13.5. The van der Waals surface area contributed by atoms with E-state index in [1.165, 1.54) is 0 Å². The van der Waals surface area contributed by atoms with Crippen molar-refractivity contribution in [3.63, 3.8) is 0 Å². The predicted octanol–water partition coefficient (Wildman–Crippen LogP) is 4.07. The number of hydrogen-bond acceptors (Lipinski definition) is 2. The molecular formula is C13H17Cl2NO2. The molecule has 100 valence electrons. The van der Waals surface area contributed by atoms with Gasteiger partial charge in [-0.15, -0.1) is 0 Å². The predicted molar refractivity (Wildman–Crippen MR) is 75.8 cm³/mol. The zero-order valence-corrected chi connectivity index (χ0v) is 11.8. The lowest BCUT2D eigenvalue weighted by Gasteiger charge is -2.24. The largest absolute Gasteiger partial charge is 0.481 e. The number of carboxylic acid groups (broad SMARTS) is 1. The molecular weight excluding hydrogens is 273 g/mol. The van der Waals surface area contributed by atoms with Crippen molar-refractivity contribution < 1.29 is 9.90 Å². The van der Waals surface area contributed by atoms with E-state index in [0.717, 1.165) is 25.1 Å². The highest BCUT2D eigenvalue weighted by Crippen LogP contribution is 2.27. The van der Waals surface area contributed by atoms with Crippen molar-refractivity contribution in [2.45, 2.75) is 26.2 Å². The Labute approximate surface area is 117 Å². The second kappa shape index (κ2) is 7.49. The van der Waals surface area contributed by atoms with Crippen molar-refractivity contribution >= 4 is 34.9 Å². The maximum atomic E-state index is 10.7. The van der Waals surface area contributed by atoms with Crippen molar-refractivity contribution in [3.8, 4) is 0 Å². The van der Waals surface area contributed by atoms with Gasteiger partial charge in [0.25, 0.3) is 0 Å². The Balaban J connectivity index is 2.79. The third-order valence-electron chi connectivity index (χ3n) is 2.65. The molecule has 0 aliphatic heterocycles. The fourth-order valence-electron chi connectivity index (χ4n) is 1.63. The van der Waals surface area contributed by atoms with Crippen LogP contribution in [0, 0.1) is 0 Å². The molecule has 0 spiro atoms. The van der Waals surface area contributed by atoms with E-state index in [9.17, 15) is 4.79 Å². The highest BCUT2D eigenvalue weighted by Gasteiger charge is 2.10. The summed E-state index contributed by atoms with van der Waals surface area (Å²) in [5, 5.41) is 9.76. The molecule has 0 amide bonds. The number of rotatable bonds is 7. The first-order valence-electron chi connectivity index (χ1n) is 5.96. The van der Waals surface area contributed by atoms with E-state index in [-0.39, 0.29) is 6.42 Å². The van der Waals surface area contributed by atoms with E-state index < -0.39 is 5.97 Å². The van der Waals surface area contributed by atoms with Crippen molar-refractivity contribution in [1.82, 2.24) is 0 Å². The lowest BCUT2D eigenvalue weighted by atomic mass is 10.2. The van der Waals surface area contributed by atoms with Gasteiger partial charge in [-0.2, -0.15) is 0 Å². The molecule has 1 aromatic rings. The van der Waals surface area contributed by atoms with Gasteiger partial charge in [0.1, 0.15) is 0 Å². The number of unbranched alkanes of at least 4 members (excludes halogenated alkanes) is 1. The van der Waals surface area contributed by atoms with Crippen molar-refractivity contribution in [3.05, 3.63) is 28.2 Å². The van der Waals surface area contributed by atoms with Crippen LogP contribution in [-0.4, -0.2) is 24.2 Å². The Morgan fingerprint density at radius 1 is 1.28 bits per heavy atom. The molecule has 1 N–H and O–H groups in total. The number of anilines is 1. The van der Waals surface area contributed by atoms with E-state index >= 15 is 0 Å². The third kappa shape index (κ3) is 4.75. The van der Waals surface area contributed by atoms with E-state index in [4.69, 9.17) is 28.3 Å².